The molecule has 1 amide bonds. The van der Waals surface area contributed by atoms with E-state index in [0.717, 1.165) is 70.6 Å². The molecular weight excluding hydrogens is 803 g/mol. The largest absolute Gasteiger partial charge is 0.466 e. The minimum Gasteiger partial charge on any atom is -0.466 e. The number of rotatable bonds is 53. The highest BCUT2D eigenvalue weighted by Gasteiger charge is 2.20. The van der Waals surface area contributed by atoms with E-state index in [1.807, 2.05) is 0 Å². The summed E-state index contributed by atoms with van der Waals surface area (Å²) in [5, 5.41) is 23.2. The average Bonchev–Trinajstić information content (AvgIpc) is 3.31. The number of allylic oxidation sites excluding steroid dienone is 6. The lowest BCUT2D eigenvalue weighted by Gasteiger charge is -2.22. The molecule has 0 rings (SSSR count). The number of esters is 1. The first-order valence-electron chi connectivity index (χ1n) is 28.8. The summed E-state index contributed by atoms with van der Waals surface area (Å²) < 4.78 is 5.45. The second-order valence-corrected chi connectivity index (χ2v) is 19.6. The molecule has 65 heavy (non-hydrogen) atoms. The van der Waals surface area contributed by atoms with Gasteiger partial charge in [-0.2, -0.15) is 0 Å². The maximum absolute atomic E-state index is 12.5. The van der Waals surface area contributed by atoms with Crippen molar-refractivity contribution >= 4 is 11.9 Å². The number of hydrogen-bond donors (Lipinski definition) is 3. The lowest BCUT2D eigenvalue weighted by atomic mass is 10.0. The van der Waals surface area contributed by atoms with Gasteiger partial charge in [-0.3, -0.25) is 9.59 Å². The van der Waals surface area contributed by atoms with Crippen LogP contribution < -0.4 is 5.32 Å². The van der Waals surface area contributed by atoms with Crippen LogP contribution in [0.2, 0.25) is 0 Å². The van der Waals surface area contributed by atoms with Crippen molar-refractivity contribution in [3.05, 3.63) is 36.5 Å². The molecule has 0 aromatic heterocycles. The molecule has 0 aliphatic rings. The summed E-state index contributed by atoms with van der Waals surface area (Å²) in [5.74, 6) is -0.0661. The molecule has 6 heteroatoms. The molecule has 2 atom stereocenters. The van der Waals surface area contributed by atoms with Gasteiger partial charge in [0.15, 0.2) is 0 Å². The van der Waals surface area contributed by atoms with Gasteiger partial charge in [-0.15, -0.1) is 0 Å². The Morgan fingerprint density at radius 2 is 0.769 bits per heavy atom. The normalized spacial score (nSPS) is 12.9. The molecular formula is C59H111NO5. The van der Waals surface area contributed by atoms with Crippen molar-refractivity contribution < 1.29 is 24.5 Å². The van der Waals surface area contributed by atoms with Crippen LogP contribution in [0.3, 0.4) is 0 Å². The number of aliphatic hydroxyl groups is 2. The number of nitrogens with one attached hydrogen (secondary N) is 1. The van der Waals surface area contributed by atoms with E-state index in [9.17, 15) is 19.8 Å². The lowest BCUT2D eigenvalue weighted by Crippen LogP contribution is -2.45. The van der Waals surface area contributed by atoms with E-state index in [0.29, 0.717) is 25.9 Å². The van der Waals surface area contributed by atoms with Crippen molar-refractivity contribution in [3.8, 4) is 0 Å². The highest BCUT2D eigenvalue weighted by Crippen LogP contribution is 2.16. The van der Waals surface area contributed by atoms with Crippen LogP contribution in [-0.4, -0.2) is 47.4 Å². The maximum Gasteiger partial charge on any atom is 0.305 e. The van der Waals surface area contributed by atoms with Gasteiger partial charge in [-0.1, -0.05) is 243 Å². The number of amides is 1. The molecule has 0 spiro atoms. The Morgan fingerprint density at radius 1 is 0.431 bits per heavy atom. The molecule has 3 N–H and O–H groups in total. The quantitative estimate of drug-likeness (QED) is 0.0244. The van der Waals surface area contributed by atoms with Crippen molar-refractivity contribution in [3.63, 3.8) is 0 Å². The molecule has 6 nitrogen and oxygen atoms in total. The molecule has 382 valence electrons. The van der Waals surface area contributed by atoms with Crippen LogP contribution in [0, 0.1) is 0 Å². The Balaban J connectivity index is 3.48. The standard InChI is InChI=1S/C59H111NO5/c1-3-5-7-9-11-13-15-17-24-29-33-37-41-45-49-53-59(64)65-54-50-46-42-38-34-30-26-23-21-19-20-22-25-28-32-36-40-44-48-52-58(63)60-56(55-61)57(62)51-47-43-39-35-31-27-18-16-14-12-10-8-6-4-2/h17,23-24,26,30,34,56-57,61-62H,3-16,18-22,25,27-29,31-33,35-55H2,1-2H3,(H,60,63)/b24-17-,26-23-,34-30-. The van der Waals surface area contributed by atoms with Gasteiger partial charge in [-0.05, 0) is 83.5 Å². The Kier molecular flexibility index (Phi) is 53.1. The Labute approximate surface area is 404 Å². The molecule has 0 saturated carbocycles. The summed E-state index contributed by atoms with van der Waals surface area (Å²) in [6.07, 6.45) is 67.0. The summed E-state index contributed by atoms with van der Waals surface area (Å²) in [6.45, 7) is 4.91. The van der Waals surface area contributed by atoms with Gasteiger partial charge in [0.1, 0.15) is 0 Å². The molecule has 0 aliphatic carbocycles. The van der Waals surface area contributed by atoms with Crippen molar-refractivity contribution in [1.29, 1.82) is 0 Å². The van der Waals surface area contributed by atoms with Crippen LogP contribution >= 0.6 is 0 Å². The van der Waals surface area contributed by atoms with Gasteiger partial charge in [0.05, 0.1) is 25.4 Å². The number of hydrogen-bond acceptors (Lipinski definition) is 5. The zero-order chi connectivity index (χ0) is 47.2. The Hall–Kier alpha value is -1.92. The molecule has 0 aromatic rings. The molecule has 2 unspecified atom stereocenters. The van der Waals surface area contributed by atoms with Gasteiger partial charge >= 0.3 is 5.97 Å². The number of carbonyl (C=O) groups is 2. The summed E-state index contributed by atoms with van der Waals surface area (Å²) in [5.41, 5.74) is 0. The van der Waals surface area contributed by atoms with Crippen molar-refractivity contribution in [1.82, 2.24) is 5.32 Å². The zero-order valence-corrected chi connectivity index (χ0v) is 43.5. The number of ether oxygens (including phenoxy) is 1. The van der Waals surface area contributed by atoms with E-state index in [4.69, 9.17) is 4.74 Å². The third-order valence-electron chi connectivity index (χ3n) is 13.2. The van der Waals surface area contributed by atoms with Crippen LogP contribution in [0.4, 0.5) is 0 Å². The fourth-order valence-corrected chi connectivity index (χ4v) is 8.74. The van der Waals surface area contributed by atoms with Gasteiger partial charge in [0.25, 0.3) is 0 Å². The summed E-state index contributed by atoms with van der Waals surface area (Å²) in [6, 6.07) is -0.549. The molecule has 0 saturated heterocycles. The lowest BCUT2D eigenvalue weighted by molar-refractivity contribution is -0.143. The second kappa shape index (κ2) is 54.7. The van der Waals surface area contributed by atoms with Crippen LogP contribution in [0.1, 0.15) is 303 Å². The van der Waals surface area contributed by atoms with Gasteiger partial charge in [0, 0.05) is 12.8 Å². The van der Waals surface area contributed by atoms with E-state index in [-0.39, 0.29) is 18.5 Å². The third-order valence-corrected chi connectivity index (χ3v) is 13.2. The molecule has 0 bridgehead atoms. The number of carbonyl (C=O) groups excluding carboxylic acids is 2. The zero-order valence-electron chi connectivity index (χ0n) is 43.5. The van der Waals surface area contributed by atoms with Crippen LogP contribution in [0.5, 0.6) is 0 Å². The topological polar surface area (TPSA) is 95.9 Å². The first kappa shape index (κ1) is 63.1. The Bertz CT molecular complexity index is 1060. The SMILES string of the molecule is CCCCCCCC/C=C\CCCCCCCC(=O)OCCCCC/C=C\C=C/CCCCCCCCCCCCC(=O)NC(CO)C(O)CCCCCCCCCCCCCCCC. The number of aliphatic hydroxyl groups excluding tert-OH is 2. The molecule has 0 aliphatic heterocycles. The first-order chi connectivity index (χ1) is 32.0. The first-order valence-corrected chi connectivity index (χ1v) is 28.8. The minimum atomic E-state index is -0.671. The van der Waals surface area contributed by atoms with Crippen LogP contribution in [0.15, 0.2) is 36.5 Å². The van der Waals surface area contributed by atoms with E-state index in [1.54, 1.807) is 0 Å². The van der Waals surface area contributed by atoms with E-state index >= 15 is 0 Å². The van der Waals surface area contributed by atoms with Crippen LogP contribution in [-0.2, 0) is 14.3 Å². The second-order valence-electron chi connectivity index (χ2n) is 19.6. The third kappa shape index (κ3) is 51.3. The van der Waals surface area contributed by atoms with E-state index < -0.39 is 12.1 Å². The Morgan fingerprint density at radius 3 is 1.18 bits per heavy atom. The summed E-state index contributed by atoms with van der Waals surface area (Å²) >= 11 is 0. The monoisotopic (exact) mass is 914 g/mol. The smallest absolute Gasteiger partial charge is 0.305 e. The van der Waals surface area contributed by atoms with E-state index in [1.165, 1.54) is 199 Å². The predicted molar refractivity (Wildman–Crippen MR) is 283 cm³/mol. The maximum atomic E-state index is 12.5. The van der Waals surface area contributed by atoms with Gasteiger partial charge < -0.3 is 20.3 Å². The van der Waals surface area contributed by atoms with Crippen molar-refractivity contribution in [2.45, 2.75) is 315 Å². The van der Waals surface area contributed by atoms with Gasteiger partial charge in [-0.25, -0.2) is 0 Å². The summed E-state index contributed by atoms with van der Waals surface area (Å²) in [7, 11) is 0. The van der Waals surface area contributed by atoms with Crippen LogP contribution in [0.25, 0.3) is 0 Å². The summed E-state index contributed by atoms with van der Waals surface area (Å²) in [4.78, 5) is 24.5. The molecule has 0 heterocycles. The fourth-order valence-electron chi connectivity index (χ4n) is 8.74. The highest BCUT2D eigenvalue weighted by molar-refractivity contribution is 5.76. The molecule has 0 aromatic carbocycles. The van der Waals surface area contributed by atoms with Crippen molar-refractivity contribution in [2.75, 3.05) is 13.2 Å². The van der Waals surface area contributed by atoms with E-state index in [2.05, 4.69) is 55.6 Å². The fraction of sp³-hybridized carbons (Fsp3) is 0.864. The van der Waals surface area contributed by atoms with Gasteiger partial charge in [0.2, 0.25) is 5.91 Å². The molecule has 0 radical (unpaired) electrons. The minimum absolute atomic E-state index is 0.0214. The van der Waals surface area contributed by atoms with Crippen molar-refractivity contribution in [2.24, 2.45) is 0 Å². The average molecular weight is 915 g/mol. The molecule has 0 fully saturated rings. The predicted octanol–water partition coefficient (Wildman–Crippen LogP) is 17.6. The highest BCUT2D eigenvalue weighted by atomic mass is 16.5. The number of unbranched alkanes of at least 4 members (excludes halogenated alkanes) is 37.